The van der Waals surface area contributed by atoms with Crippen molar-refractivity contribution in [3.63, 3.8) is 0 Å². The second-order valence-electron chi connectivity index (χ2n) is 6.19. The lowest BCUT2D eigenvalue weighted by atomic mass is 9.92. The number of carbonyl (C=O) groups is 1. The lowest BCUT2D eigenvalue weighted by Gasteiger charge is -2.19. The van der Waals surface area contributed by atoms with Crippen LogP contribution in [0.2, 0.25) is 5.02 Å². The van der Waals surface area contributed by atoms with Gasteiger partial charge in [-0.1, -0.05) is 25.4 Å². The molecule has 0 unspecified atom stereocenters. The van der Waals surface area contributed by atoms with Gasteiger partial charge in [0.05, 0.1) is 5.69 Å². The first-order valence-electron chi connectivity index (χ1n) is 7.19. The summed E-state index contributed by atoms with van der Waals surface area (Å²) in [6.07, 6.45) is 2.39. The topological polar surface area (TPSA) is 55.1 Å². The molecule has 0 atom stereocenters. The highest BCUT2D eigenvalue weighted by molar-refractivity contribution is 7.21. The number of nitrogen functional groups attached to an aromatic ring is 1. The molecule has 112 valence electrons. The molecule has 0 spiro atoms. The van der Waals surface area contributed by atoms with E-state index in [0.29, 0.717) is 26.9 Å². The Labute approximate surface area is 133 Å². The Bertz CT molecular complexity index is 704. The van der Waals surface area contributed by atoms with E-state index in [1.807, 2.05) is 12.1 Å². The largest absolute Gasteiger partial charge is 0.397 e. The van der Waals surface area contributed by atoms with Gasteiger partial charge in [-0.05, 0) is 42.4 Å². The maximum Gasteiger partial charge on any atom is 0.263 e. The molecule has 0 aliphatic heterocycles. The van der Waals surface area contributed by atoms with E-state index in [-0.39, 0.29) is 5.91 Å². The molecule has 1 aliphatic carbocycles. The van der Waals surface area contributed by atoms with Crippen LogP contribution in [0, 0.1) is 11.3 Å². The van der Waals surface area contributed by atoms with Crippen LogP contribution in [0.1, 0.15) is 36.4 Å². The molecule has 1 aromatic carbocycles. The Balaban J connectivity index is 1.80. The van der Waals surface area contributed by atoms with Gasteiger partial charge in [-0.3, -0.25) is 4.79 Å². The fourth-order valence-electron chi connectivity index (χ4n) is 2.71. The number of benzene rings is 1. The summed E-state index contributed by atoms with van der Waals surface area (Å²) >= 11 is 7.39. The highest BCUT2D eigenvalue weighted by Crippen LogP contribution is 2.51. The van der Waals surface area contributed by atoms with E-state index < -0.39 is 0 Å². The van der Waals surface area contributed by atoms with Gasteiger partial charge in [0.25, 0.3) is 5.91 Å². The number of carbonyl (C=O) groups excluding carboxylic acids is 1. The summed E-state index contributed by atoms with van der Waals surface area (Å²) in [7, 11) is 0. The van der Waals surface area contributed by atoms with E-state index in [0.717, 1.165) is 16.6 Å². The number of amides is 1. The van der Waals surface area contributed by atoms with Gasteiger partial charge in [0.15, 0.2) is 0 Å². The third-order valence-electron chi connectivity index (χ3n) is 4.61. The van der Waals surface area contributed by atoms with E-state index in [1.165, 1.54) is 24.2 Å². The number of nitrogens with one attached hydrogen (secondary N) is 1. The zero-order chi connectivity index (χ0) is 15.2. The van der Waals surface area contributed by atoms with Crippen LogP contribution in [-0.4, -0.2) is 12.5 Å². The summed E-state index contributed by atoms with van der Waals surface area (Å²) in [4.78, 5) is 13.0. The van der Waals surface area contributed by atoms with Gasteiger partial charge >= 0.3 is 0 Å². The van der Waals surface area contributed by atoms with Crippen molar-refractivity contribution in [1.29, 1.82) is 0 Å². The molecule has 1 aromatic heterocycles. The maximum absolute atomic E-state index is 12.4. The molecule has 1 saturated carbocycles. The van der Waals surface area contributed by atoms with E-state index in [1.54, 1.807) is 6.07 Å². The van der Waals surface area contributed by atoms with Crippen molar-refractivity contribution in [3.8, 4) is 0 Å². The average Bonchev–Trinajstić information content (AvgIpc) is 3.17. The molecule has 3 nitrogen and oxygen atoms in total. The summed E-state index contributed by atoms with van der Waals surface area (Å²) < 4.78 is 0.954. The quantitative estimate of drug-likeness (QED) is 0.881. The number of hydrogen-bond donors (Lipinski definition) is 2. The van der Waals surface area contributed by atoms with Crippen molar-refractivity contribution < 1.29 is 4.79 Å². The molecule has 1 fully saturated rings. The van der Waals surface area contributed by atoms with Crippen molar-refractivity contribution in [2.45, 2.75) is 26.7 Å². The van der Waals surface area contributed by atoms with Gasteiger partial charge in [0, 0.05) is 21.7 Å². The predicted molar refractivity (Wildman–Crippen MR) is 90.1 cm³/mol. The van der Waals surface area contributed by atoms with Crippen molar-refractivity contribution in [3.05, 3.63) is 28.1 Å². The first kappa shape index (κ1) is 14.7. The van der Waals surface area contributed by atoms with Gasteiger partial charge in [-0.2, -0.15) is 0 Å². The normalized spacial score (nSPS) is 16.4. The summed E-state index contributed by atoms with van der Waals surface area (Å²) in [6.45, 7) is 5.17. The highest BCUT2D eigenvalue weighted by atomic mass is 35.5. The third kappa shape index (κ3) is 2.62. The molecule has 0 saturated heterocycles. The molecule has 1 heterocycles. The van der Waals surface area contributed by atoms with Crippen LogP contribution in [0.4, 0.5) is 5.69 Å². The molecule has 5 heteroatoms. The van der Waals surface area contributed by atoms with Crippen LogP contribution in [0.5, 0.6) is 0 Å². The lowest BCUT2D eigenvalue weighted by Crippen LogP contribution is -2.32. The fourth-order valence-corrected chi connectivity index (χ4v) is 4.03. The highest BCUT2D eigenvalue weighted by Gasteiger charge is 2.45. The standard InChI is InChI=1S/C16H19ClN2OS/c1-9(2)16(5-6-16)8-19-15(20)14-13(18)11-4-3-10(17)7-12(11)21-14/h3-4,7,9H,5-6,8,18H2,1-2H3,(H,19,20). The second-order valence-corrected chi connectivity index (χ2v) is 7.67. The molecular formula is C16H19ClN2OS. The van der Waals surface area contributed by atoms with Crippen LogP contribution in [0.25, 0.3) is 10.1 Å². The van der Waals surface area contributed by atoms with E-state index in [4.69, 9.17) is 17.3 Å². The van der Waals surface area contributed by atoms with Gasteiger partial charge < -0.3 is 11.1 Å². The minimum atomic E-state index is -0.0725. The first-order valence-corrected chi connectivity index (χ1v) is 8.38. The van der Waals surface area contributed by atoms with E-state index in [2.05, 4.69) is 19.2 Å². The van der Waals surface area contributed by atoms with Gasteiger partial charge in [0.1, 0.15) is 4.88 Å². The molecule has 1 aliphatic rings. The van der Waals surface area contributed by atoms with Crippen LogP contribution < -0.4 is 11.1 Å². The third-order valence-corrected chi connectivity index (χ3v) is 6.02. The zero-order valence-corrected chi connectivity index (χ0v) is 13.8. The fraction of sp³-hybridized carbons (Fsp3) is 0.438. The van der Waals surface area contributed by atoms with Crippen molar-refractivity contribution >= 4 is 44.6 Å². The van der Waals surface area contributed by atoms with Crippen LogP contribution in [0.3, 0.4) is 0 Å². The number of halogens is 1. The Morgan fingerprint density at radius 2 is 2.19 bits per heavy atom. The summed E-state index contributed by atoms with van der Waals surface area (Å²) in [6, 6.07) is 5.52. The van der Waals surface area contributed by atoms with Crippen LogP contribution in [0.15, 0.2) is 18.2 Å². The number of fused-ring (bicyclic) bond motifs is 1. The van der Waals surface area contributed by atoms with Gasteiger partial charge in [-0.25, -0.2) is 0 Å². The summed E-state index contributed by atoms with van der Waals surface area (Å²) in [5.41, 5.74) is 6.96. The average molecular weight is 323 g/mol. The van der Waals surface area contributed by atoms with Gasteiger partial charge in [-0.15, -0.1) is 11.3 Å². The van der Waals surface area contributed by atoms with E-state index in [9.17, 15) is 4.79 Å². The molecule has 3 N–H and O–H groups in total. The Morgan fingerprint density at radius 3 is 2.81 bits per heavy atom. The zero-order valence-electron chi connectivity index (χ0n) is 12.2. The number of thiophene rings is 1. The predicted octanol–water partition coefficient (Wildman–Crippen LogP) is 4.30. The molecule has 0 radical (unpaired) electrons. The summed E-state index contributed by atoms with van der Waals surface area (Å²) in [5.74, 6) is 0.521. The molecule has 1 amide bonds. The number of nitrogens with two attached hydrogens (primary N) is 1. The minimum Gasteiger partial charge on any atom is -0.397 e. The van der Waals surface area contributed by atoms with Crippen molar-refractivity contribution in [1.82, 2.24) is 5.32 Å². The maximum atomic E-state index is 12.4. The molecular weight excluding hydrogens is 304 g/mol. The SMILES string of the molecule is CC(C)C1(CNC(=O)c2sc3cc(Cl)ccc3c2N)CC1. The molecule has 21 heavy (non-hydrogen) atoms. The molecule has 0 bridgehead atoms. The monoisotopic (exact) mass is 322 g/mol. The van der Waals surface area contributed by atoms with Crippen molar-refractivity contribution in [2.24, 2.45) is 11.3 Å². The van der Waals surface area contributed by atoms with Gasteiger partial charge in [0.2, 0.25) is 0 Å². The van der Waals surface area contributed by atoms with Crippen LogP contribution in [-0.2, 0) is 0 Å². The Hall–Kier alpha value is -1.26. The van der Waals surface area contributed by atoms with E-state index >= 15 is 0 Å². The number of rotatable bonds is 4. The Kier molecular flexibility index (Phi) is 3.62. The number of anilines is 1. The molecule has 2 aromatic rings. The van der Waals surface area contributed by atoms with Crippen LogP contribution >= 0.6 is 22.9 Å². The molecule has 3 rings (SSSR count). The first-order chi connectivity index (χ1) is 9.93. The van der Waals surface area contributed by atoms with Crippen molar-refractivity contribution in [2.75, 3.05) is 12.3 Å². The Morgan fingerprint density at radius 1 is 1.48 bits per heavy atom. The second kappa shape index (κ2) is 5.18. The number of hydrogen-bond acceptors (Lipinski definition) is 3. The summed E-state index contributed by atoms with van der Waals surface area (Å²) in [5, 5.41) is 4.62. The lowest BCUT2D eigenvalue weighted by molar-refractivity contribution is 0.0944. The minimum absolute atomic E-state index is 0.0725. The smallest absolute Gasteiger partial charge is 0.263 e.